The van der Waals surface area contributed by atoms with E-state index in [1.165, 1.54) is 12.3 Å². The first-order chi connectivity index (χ1) is 13.6. The molecule has 0 aliphatic rings. The number of hydrogen-bond donors (Lipinski definition) is 2. The molecular formula is C22H19N3O3. The number of ether oxygens (including phenoxy) is 1. The van der Waals surface area contributed by atoms with Crippen LogP contribution in [0.1, 0.15) is 15.9 Å². The van der Waals surface area contributed by atoms with Crippen LogP contribution in [0.2, 0.25) is 0 Å². The molecule has 0 unspecified atom stereocenters. The minimum absolute atomic E-state index is 0.244. The third-order valence-corrected chi connectivity index (χ3v) is 3.85. The van der Waals surface area contributed by atoms with Gasteiger partial charge in [0.2, 0.25) is 5.91 Å². The Morgan fingerprint density at radius 3 is 2.39 bits per heavy atom. The fourth-order valence-corrected chi connectivity index (χ4v) is 2.44. The van der Waals surface area contributed by atoms with E-state index in [1.807, 2.05) is 24.3 Å². The summed E-state index contributed by atoms with van der Waals surface area (Å²) in [4.78, 5) is 28.1. The molecule has 2 aromatic carbocycles. The smallest absolute Gasteiger partial charge is 0.257 e. The average Bonchev–Trinajstić information content (AvgIpc) is 2.74. The number of carbonyl (C=O) groups excluding carboxylic acids is 2. The Kier molecular flexibility index (Phi) is 6.15. The van der Waals surface area contributed by atoms with Gasteiger partial charge < -0.3 is 15.4 Å². The van der Waals surface area contributed by atoms with Crippen molar-refractivity contribution >= 4 is 29.3 Å². The number of rotatable bonds is 6. The molecule has 1 heterocycles. The predicted molar refractivity (Wildman–Crippen MR) is 109 cm³/mol. The molecule has 2 amide bonds. The van der Waals surface area contributed by atoms with E-state index < -0.39 is 0 Å². The molecule has 3 rings (SSSR count). The summed E-state index contributed by atoms with van der Waals surface area (Å²) in [5.41, 5.74) is 2.59. The standard InChI is InChI=1S/C22H19N3O3/c1-28-20-6-2-4-16(14-20)7-12-21(26)24-18-8-10-19(11-9-18)25-22(27)17-5-3-13-23-15-17/h2-15H,1H3,(H,24,26)(H,25,27)/b12-7+. The molecule has 6 heteroatoms. The van der Waals surface area contributed by atoms with E-state index in [1.54, 1.807) is 55.8 Å². The van der Waals surface area contributed by atoms with Crippen LogP contribution in [0.4, 0.5) is 11.4 Å². The minimum atomic E-state index is -0.255. The molecule has 0 saturated carbocycles. The van der Waals surface area contributed by atoms with Crippen molar-refractivity contribution in [3.05, 3.63) is 90.3 Å². The summed E-state index contributed by atoms with van der Waals surface area (Å²) >= 11 is 0. The zero-order chi connectivity index (χ0) is 19.8. The summed E-state index contributed by atoms with van der Waals surface area (Å²) in [6, 6.07) is 17.7. The molecule has 0 atom stereocenters. The Hall–Kier alpha value is -3.93. The highest BCUT2D eigenvalue weighted by molar-refractivity contribution is 6.04. The number of amides is 2. The molecule has 2 N–H and O–H groups in total. The van der Waals surface area contributed by atoms with Crippen molar-refractivity contribution in [2.75, 3.05) is 17.7 Å². The van der Waals surface area contributed by atoms with E-state index in [0.717, 1.165) is 11.3 Å². The molecule has 140 valence electrons. The molecule has 6 nitrogen and oxygen atoms in total. The van der Waals surface area contributed by atoms with Crippen LogP contribution < -0.4 is 15.4 Å². The molecule has 0 bridgehead atoms. The van der Waals surface area contributed by atoms with Crippen LogP contribution in [0.3, 0.4) is 0 Å². The van der Waals surface area contributed by atoms with Gasteiger partial charge in [-0.1, -0.05) is 12.1 Å². The molecular weight excluding hydrogens is 354 g/mol. The minimum Gasteiger partial charge on any atom is -0.497 e. The SMILES string of the molecule is COc1cccc(/C=C/C(=O)Nc2ccc(NC(=O)c3cccnc3)cc2)c1. The summed E-state index contributed by atoms with van der Waals surface area (Å²) in [5, 5.41) is 5.55. The van der Waals surface area contributed by atoms with E-state index in [4.69, 9.17) is 4.74 Å². The van der Waals surface area contributed by atoms with E-state index in [9.17, 15) is 9.59 Å². The first-order valence-corrected chi connectivity index (χ1v) is 8.58. The zero-order valence-corrected chi connectivity index (χ0v) is 15.3. The van der Waals surface area contributed by atoms with Gasteiger partial charge >= 0.3 is 0 Å². The lowest BCUT2D eigenvalue weighted by Crippen LogP contribution is -2.12. The summed E-state index contributed by atoms with van der Waals surface area (Å²) in [6.45, 7) is 0. The van der Waals surface area contributed by atoms with Crippen molar-refractivity contribution in [2.24, 2.45) is 0 Å². The van der Waals surface area contributed by atoms with Gasteiger partial charge in [0, 0.05) is 29.8 Å². The first-order valence-electron chi connectivity index (χ1n) is 8.58. The number of aromatic nitrogens is 1. The third kappa shape index (κ3) is 5.28. The van der Waals surface area contributed by atoms with Crippen LogP contribution in [0.15, 0.2) is 79.1 Å². The average molecular weight is 373 g/mol. The van der Waals surface area contributed by atoms with Crippen LogP contribution in [0.5, 0.6) is 5.75 Å². The van der Waals surface area contributed by atoms with Crippen LogP contribution in [0.25, 0.3) is 6.08 Å². The van der Waals surface area contributed by atoms with Crippen molar-refractivity contribution in [3.8, 4) is 5.75 Å². The van der Waals surface area contributed by atoms with Gasteiger partial charge in [0.05, 0.1) is 12.7 Å². The van der Waals surface area contributed by atoms with Gasteiger partial charge in [-0.05, 0) is 60.2 Å². The van der Waals surface area contributed by atoms with Crippen LogP contribution >= 0.6 is 0 Å². The van der Waals surface area contributed by atoms with Gasteiger partial charge in [-0.3, -0.25) is 14.6 Å². The lowest BCUT2D eigenvalue weighted by atomic mass is 10.2. The van der Waals surface area contributed by atoms with Gasteiger partial charge in [0.15, 0.2) is 0 Å². The van der Waals surface area contributed by atoms with E-state index >= 15 is 0 Å². The Morgan fingerprint density at radius 1 is 0.964 bits per heavy atom. The molecule has 0 fully saturated rings. The van der Waals surface area contributed by atoms with Gasteiger partial charge in [0.25, 0.3) is 5.91 Å². The van der Waals surface area contributed by atoms with Crippen LogP contribution in [0, 0.1) is 0 Å². The number of hydrogen-bond acceptors (Lipinski definition) is 4. The van der Waals surface area contributed by atoms with Crippen molar-refractivity contribution in [3.63, 3.8) is 0 Å². The second-order valence-electron chi connectivity index (χ2n) is 5.87. The van der Waals surface area contributed by atoms with E-state index in [-0.39, 0.29) is 11.8 Å². The number of benzene rings is 2. The van der Waals surface area contributed by atoms with Gasteiger partial charge in [-0.25, -0.2) is 0 Å². The summed E-state index contributed by atoms with van der Waals surface area (Å²) in [5.74, 6) is 0.229. The second-order valence-corrected chi connectivity index (χ2v) is 5.87. The molecule has 0 radical (unpaired) electrons. The summed E-state index contributed by atoms with van der Waals surface area (Å²) < 4.78 is 5.16. The molecule has 28 heavy (non-hydrogen) atoms. The van der Waals surface area contributed by atoms with Crippen molar-refractivity contribution < 1.29 is 14.3 Å². The monoisotopic (exact) mass is 373 g/mol. The molecule has 1 aromatic heterocycles. The largest absolute Gasteiger partial charge is 0.497 e. The van der Waals surface area contributed by atoms with Crippen LogP contribution in [-0.2, 0) is 4.79 Å². The van der Waals surface area contributed by atoms with Crippen LogP contribution in [-0.4, -0.2) is 23.9 Å². The zero-order valence-electron chi connectivity index (χ0n) is 15.3. The van der Waals surface area contributed by atoms with Gasteiger partial charge in [-0.2, -0.15) is 0 Å². The first kappa shape index (κ1) is 18.8. The lowest BCUT2D eigenvalue weighted by molar-refractivity contribution is -0.111. The van der Waals surface area contributed by atoms with Gasteiger partial charge in [0.1, 0.15) is 5.75 Å². The summed E-state index contributed by atoms with van der Waals surface area (Å²) in [7, 11) is 1.60. The van der Waals surface area contributed by atoms with Gasteiger partial charge in [-0.15, -0.1) is 0 Å². The molecule has 3 aromatic rings. The highest BCUT2D eigenvalue weighted by Crippen LogP contribution is 2.16. The normalized spacial score (nSPS) is 10.5. The highest BCUT2D eigenvalue weighted by Gasteiger charge is 2.06. The number of pyridine rings is 1. The lowest BCUT2D eigenvalue weighted by Gasteiger charge is -2.07. The number of methoxy groups -OCH3 is 1. The number of carbonyl (C=O) groups is 2. The van der Waals surface area contributed by atoms with Crippen molar-refractivity contribution in [2.45, 2.75) is 0 Å². The van der Waals surface area contributed by atoms with E-state index in [0.29, 0.717) is 16.9 Å². The Balaban J connectivity index is 1.57. The second kappa shape index (κ2) is 9.14. The number of nitrogens with zero attached hydrogens (tertiary/aromatic N) is 1. The quantitative estimate of drug-likeness (QED) is 0.640. The highest BCUT2D eigenvalue weighted by atomic mass is 16.5. The fourth-order valence-electron chi connectivity index (χ4n) is 2.44. The maximum absolute atomic E-state index is 12.1. The predicted octanol–water partition coefficient (Wildman–Crippen LogP) is 3.99. The molecule has 0 spiro atoms. The van der Waals surface area contributed by atoms with Crippen molar-refractivity contribution in [1.29, 1.82) is 0 Å². The molecule has 0 saturated heterocycles. The third-order valence-electron chi connectivity index (χ3n) is 3.85. The molecule has 0 aliphatic heterocycles. The maximum atomic E-state index is 12.1. The maximum Gasteiger partial charge on any atom is 0.257 e. The number of nitrogens with one attached hydrogen (secondary N) is 2. The fraction of sp³-hybridized carbons (Fsp3) is 0.0455. The molecule has 0 aliphatic carbocycles. The Morgan fingerprint density at radius 2 is 1.71 bits per heavy atom. The Bertz CT molecular complexity index is 983. The Labute approximate surface area is 162 Å². The summed E-state index contributed by atoms with van der Waals surface area (Å²) in [6.07, 6.45) is 6.27. The van der Waals surface area contributed by atoms with Crippen molar-refractivity contribution in [1.82, 2.24) is 4.98 Å². The van der Waals surface area contributed by atoms with E-state index in [2.05, 4.69) is 15.6 Å². The topological polar surface area (TPSA) is 80.3 Å². The number of anilines is 2.